The van der Waals surface area contributed by atoms with Gasteiger partial charge in [-0.1, -0.05) is 43.1 Å². The van der Waals surface area contributed by atoms with Crippen molar-refractivity contribution in [2.75, 3.05) is 0 Å². The standard InChI is InChI=1S/C32H31ClF6N2O5/c1-5-6-19-15-22(30(44,31(34,35)36)32(37,38)39)9-14-26(19)46-24-12-13-25(33)20(16-24)17-41-27(42)29(4,40-28(41)43)21-7-10-23(11-8-21)45-18(2)3/h7-16,18,44H,5-6,17H2,1-4H3,(H,40,43). The van der Waals surface area contributed by atoms with Crippen molar-refractivity contribution in [3.05, 3.63) is 87.9 Å². The molecular formula is C32H31ClF6N2O5. The lowest BCUT2D eigenvalue weighted by molar-refractivity contribution is -0.376. The number of carbonyl (C=O) groups excluding carboxylic acids is 2. The van der Waals surface area contributed by atoms with Crippen LogP contribution in [0.5, 0.6) is 17.2 Å². The minimum absolute atomic E-state index is 0.0156. The van der Waals surface area contributed by atoms with Crippen LogP contribution in [0.2, 0.25) is 5.02 Å². The van der Waals surface area contributed by atoms with E-state index in [1.165, 1.54) is 18.2 Å². The van der Waals surface area contributed by atoms with E-state index in [1.807, 2.05) is 13.8 Å². The maximum atomic E-state index is 13.5. The van der Waals surface area contributed by atoms with Gasteiger partial charge in [-0.2, -0.15) is 26.3 Å². The monoisotopic (exact) mass is 672 g/mol. The first kappa shape index (κ1) is 34.9. The molecule has 2 N–H and O–H groups in total. The summed E-state index contributed by atoms with van der Waals surface area (Å²) in [6.45, 7) is 6.69. The Bertz CT molecular complexity index is 1600. The summed E-state index contributed by atoms with van der Waals surface area (Å²) in [5.74, 6) is 0.0627. The Morgan fingerprint density at radius 1 is 0.913 bits per heavy atom. The van der Waals surface area contributed by atoms with Gasteiger partial charge in [0.05, 0.1) is 12.6 Å². The highest BCUT2D eigenvalue weighted by Crippen LogP contribution is 2.50. The number of hydrogen-bond donors (Lipinski definition) is 2. The Morgan fingerprint density at radius 2 is 1.52 bits per heavy atom. The van der Waals surface area contributed by atoms with Crippen LogP contribution in [0.3, 0.4) is 0 Å². The van der Waals surface area contributed by atoms with E-state index in [4.69, 9.17) is 21.1 Å². The normalized spacial score (nSPS) is 17.5. The molecule has 3 amide bonds. The number of amides is 3. The molecule has 46 heavy (non-hydrogen) atoms. The van der Waals surface area contributed by atoms with Gasteiger partial charge in [-0.3, -0.25) is 9.69 Å². The van der Waals surface area contributed by atoms with Crippen LogP contribution in [0.25, 0.3) is 0 Å². The van der Waals surface area contributed by atoms with Gasteiger partial charge in [0, 0.05) is 10.6 Å². The molecule has 4 rings (SSSR count). The maximum Gasteiger partial charge on any atom is 0.430 e. The highest BCUT2D eigenvalue weighted by Gasteiger charge is 2.71. The van der Waals surface area contributed by atoms with Gasteiger partial charge in [-0.05, 0) is 86.3 Å². The lowest BCUT2D eigenvalue weighted by atomic mass is 9.90. The number of rotatable bonds is 10. The first-order valence-corrected chi connectivity index (χ1v) is 14.6. The lowest BCUT2D eigenvalue weighted by Gasteiger charge is -2.33. The first-order valence-electron chi connectivity index (χ1n) is 14.2. The van der Waals surface area contributed by atoms with Gasteiger partial charge >= 0.3 is 18.4 Å². The van der Waals surface area contributed by atoms with Crippen molar-refractivity contribution in [1.82, 2.24) is 10.2 Å². The molecule has 1 heterocycles. The Balaban J connectivity index is 1.60. The van der Waals surface area contributed by atoms with Gasteiger partial charge in [-0.15, -0.1) is 0 Å². The lowest BCUT2D eigenvalue weighted by Crippen LogP contribution is -2.53. The van der Waals surface area contributed by atoms with Crippen LogP contribution in [0.1, 0.15) is 56.4 Å². The third-order valence-electron chi connectivity index (χ3n) is 7.47. The number of alkyl halides is 6. The zero-order valence-electron chi connectivity index (χ0n) is 25.1. The van der Waals surface area contributed by atoms with Crippen LogP contribution < -0.4 is 14.8 Å². The van der Waals surface area contributed by atoms with E-state index in [0.29, 0.717) is 29.9 Å². The van der Waals surface area contributed by atoms with Crippen molar-refractivity contribution < 1.29 is 50.5 Å². The number of imide groups is 1. The molecule has 0 radical (unpaired) electrons. The number of aliphatic hydroxyl groups is 1. The van der Waals surface area contributed by atoms with E-state index in [2.05, 4.69) is 5.32 Å². The summed E-state index contributed by atoms with van der Waals surface area (Å²) in [6, 6.07) is 12.3. The predicted molar refractivity (Wildman–Crippen MR) is 157 cm³/mol. The molecule has 7 nitrogen and oxygen atoms in total. The molecule has 1 saturated heterocycles. The van der Waals surface area contributed by atoms with E-state index in [1.54, 1.807) is 38.1 Å². The molecule has 1 fully saturated rings. The number of nitrogens with one attached hydrogen (secondary N) is 1. The molecule has 1 atom stereocenters. The van der Waals surface area contributed by atoms with Crippen molar-refractivity contribution in [2.45, 2.75) is 76.7 Å². The van der Waals surface area contributed by atoms with Crippen LogP contribution in [0, 0.1) is 0 Å². The minimum Gasteiger partial charge on any atom is -0.491 e. The third-order valence-corrected chi connectivity index (χ3v) is 7.84. The third kappa shape index (κ3) is 6.61. The predicted octanol–water partition coefficient (Wildman–Crippen LogP) is 8.15. The second-order valence-electron chi connectivity index (χ2n) is 11.3. The molecule has 1 aliphatic heterocycles. The number of benzene rings is 3. The summed E-state index contributed by atoms with van der Waals surface area (Å²) < 4.78 is 92.4. The summed E-state index contributed by atoms with van der Waals surface area (Å²) in [5, 5.41) is 12.7. The smallest absolute Gasteiger partial charge is 0.430 e. The fourth-order valence-electron chi connectivity index (χ4n) is 5.07. The van der Waals surface area contributed by atoms with Crippen LogP contribution in [-0.4, -0.2) is 40.4 Å². The van der Waals surface area contributed by atoms with Crippen molar-refractivity contribution >= 4 is 23.5 Å². The summed E-state index contributed by atoms with van der Waals surface area (Å²) in [7, 11) is 0. The molecule has 1 unspecified atom stereocenters. The zero-order chi connectivity index (χ0) is 34.2. The summed E-state index contributed by atoms with van der Waals surface area (Å²) in [6.07, 6.45) is -11.8. The number of aryl methyl sites for hydroxylation is 1. The van der Waals surface area contributed by atoms with Crippen LogP contribution in [0.4, 0.5) is 31.1 Å². The van der Waals surface area contributed by atoms with E-state index in [9.17, 15) is 41.0 Å². The average Bonchev–Trinajstić information content (AvgIpc) is 3.17. The Kier molecular flexibility index (Phi) is 9.61. The summed E-state index contributed by atoms with van der Waals surface area (Å²) >= 11 is 6.38. The molecular weight excluding hydrogens is 642 g/mol. The van der Waals surface area contributed by atoms with Crippen LogP contribution in [-0.2, 0) is 28.9 Å². The second kappa shape index (κ2) is 12.7. The molecule has 0 saturated carbocycles. The van der Waals surface area contributed by atoms with E-state index >= 15 is 0 Å². The fourth-order valence-corrected chi connectivity index (χ4v) is 5.24. The summed E-state index contributed by atoms with van der Waals surface area (Å²) in [5.41, 5.74) is -7.09. The van der Waals surface area contributed by atoms with Crippen LogP contribution in [0.15, 0.2) is 60.7 Å². The van der Waals surface area contributed by atoms with Crippen molar-refractivity contribution in [1.29, 1.82) is 0 Å². The van der Waals surface area contributed by atoms with Gasteiger partial charge in [-0.25, -0.2) is 4.79 Å². The first-order chi connectivity index (χ1) is 21.3. The number of nitrogens with zero attached hydrogens (tertiary/aromatic N) is 1. The molecule has 14 heteroatoms. The van der Waals surface area contributed by atoms with Crippen LogP contribution >= 0.6 is 11.6 Å². The van der Waals surface area contributed by atoms with Gasteiger partial charge < -0.3 is 19.9 Å². The number of urea groups is 1. The fraction of sp³-hybridized carbons (Fsp3) is 0.375. The molecule has 248 valence electrons. The molecule has 3 aromatic rings. The average molecular weight is 673 g/mol. The van der Waals surface area contributed by atoms with Gasteiger partial charge in [0.15, 0.2) is 0 Å². The second-order valence-corrected chi connectivity index (χ2v) is 11.7. The van der Waals surface area contributed by atoms with Gasteiger partial charge in [0.2, 0.25) is 0 Å². The highest BCUT2D eigenvalue weighted by atomic mass is 35.5. The van der Waals surface area contributed by atoms with E-state index in [0.717, 1.165) is 11.0 Å². The van der Waals surface area contributed by atoms with Crippen molar-refractivity contribution in [3.63, 3.8) is 0 Å². The number of hydrogen-bond acceptors (Lipinski definition) is 5. The SMILES string of the molecule is CCCc1cc(C(O)(C(F)(F)F)C(F)(F)F)ccc1Oc1ccc(Cl)c(CN2C(=O)NC(C)(c3ccc(OC(C)C)cc3)C2=O)c1. The molecule has 1 aliphatic rings. The van der Waals surface area contributed by atoms with Gasteiger partial charge in [0.25, 0.3) is 11.5 Å². The number of ether oxygens (including phenoxy) is 2. The topological polar surface area (TPSA) is 88.1 Å². The molecule has 0 aliphatic carbocycles. The zero-order valence-corrected chi connectivity index (χ0v) is 25.9. The quantitative estimate of drug-likeness (QED) is 0.168. The number of carbonyl (C=O) groups is 2. The number of halogens is 7. The summed E-state index contributed by atoms with van der Waals surface area (Å²) in [4.78, 5) is 27.5. The van der Waals surface area contributed by atoms with Crippen molar-refractivity contribution in [2.24, 2.45) is 0 Å². The molecule has 3 aromatic carbocycles. The maximum absolute atomic E-state index is 13.5. The Hall–Kier alpha value is -3.97. The van der Waals surface area contributed by atoms with E-state index in [-0.39, 0.29) is 46.7 Å². The van der Waals surface area contributed by atoms with Crippen molar-refractivity contribution in [3.8, 4) is 17.2 Å². The Labute approximate surface area is 266 Å². The van der Waals surface area contributed by atoms with E-state index < -0.39 is 41.0 Å². The largest absolute Gasteiger partial charge is 0.491 e. The highest BCUT2D eigenvalue weighted by molar-refractivity contribution is 6.31. The molecule has 0 spiro atoms. The minimum atomic E-state index is -6.04. The Morgan fingerprint density at radius 3 is 2.09 bits per heavy atom. The molecule has 0 bridgehead atoms. The van der Waals surface area contributed by atoms with Gasteiger partial charge in [0.1, 0.15) is 22.8 Å². The molecule has 0 aromatic heterocycles.